The summed E-state index contributed by atoms with van der Waals surface area (Å²) in [7, 11) is 1.75. The molecule has 0 bridgehead atoms. The molecule has 0 spiro atoms. The van der Waals surface area contributed by atoms with Crippen molar-refractivity contribution >= 4 is 11.8 Å². The minimum Gasteiger partial charge on any atom is -0.496 e. The molecule has 1 N–H and O–H groups in total. The molecular formula is C15H25NOS. The summed E-state index contributed by atoms with van der Waals surface area (Å²) < 4.78 is 5.42. The molecule has 1 aromatic carbocycles. The monoisotopic (exact) mass is 267 g/mol. The van der Waals surface area contributed by atoms with E-state index in [1.807, 2.05) is 11.8 Å². The van der Waals surface area contributed by atoms with E-state index in [1.165, 1.54) is 23.3 Å². The molecule has 0 saturated heterocycles. The highest BCUT2D eigenvalue weighted by Crippen LogP contribution is 2.24. The third-order valence-corrected chi connectivity index (χ3v) is 3.88. The number of rotatable bonds is 8. The molecular weight excluding hydrogens is 242 g/mol. The van der Waals surface area contributed by atoms with E-state index in [-0.39, 0.29) is 0 Å². The molecule has 0 fully saturated rings. The second-order valence-electron chi connectivity index (χ2n) is 4.73. The maximum atomic E-state index is 5.42. The smallest absolute Gasteiger partial charge is 0.122 e. The fraction of sp³-hybridized carbons (Fsp3) is 0.600. The first-order valence-corrected chi connectivity index (χ1v) is 7.79. The van der Waals surface area contributed by atoms with Crippen LogP contribution in [-0.2, 0) is 12.3 Å². The van der Waals surface area contributed by atoms with Crippen LogP contribution in [0.5, 0.6) is 5.75 Å². The van der Waals surface area contributed by atoms with E-state index in [1.54, 1.807) is 7.11 Å². The largest absolute Gasteiger partial charge is 0.496 e. The van der Waals surface area contributed by atoms with Gasteiger partial charge in [0.15, 0.2) is 0 Å². The molecule has 0 aromatic heterocycles. The summed E-state index contributed by atoms with van der Waals surface area (Å²) in [6.07, 6.45) is 1.22. The van der Waals surface area contributed by atoms with Crippen LogP contribution in [0.15, 0.2) is 18.2 Å². The summed E-state index contributed by atoms with van der Waals surface area (Å²) >= 11 is 1.97. The van der Waals surface area contributed by atoms with Gasteiger partial charge in [-0.05, 0) is 29.9 Å². The predicted molar refractivity (Wildman–Crippen MR) is 81.4 cm³/mol. The second-order valence-corrected chi connectivity index (χ2v) is 5.84. The van der Waals surface area contributed by atoms with Crippen LogP contribution in [0.2, 0.25) is 0 Å². The lowest BCUT2D eigenvalue weighted by atomic mass is 10.1. The van der Waals surface area contributed by atoms with E-state index in [4.69, 9.17) is 4.74 Å². The molecule has 0 atom stereocenters. The molecule has 1 rings (SSSR count). The summed E-state index contributed by atoms with van der Waals surface area (Å²) in [5.41, 5.74) is 2.63. The van der Waals surface area contributed by atoms with E-state index < -0.39 is 0 Å². The number of hydrogen-bond donors (Lipinski definition) is 1. The minimum absolute atomic E-state index is 0.519. The van der Waals surface area contributed by atoms with Crippen molar-refractivity contribution in [2.75, 3.05) is 12.9 Å². The molecule has 2 nitrogen and oxygen atoms in total. The lowest BCUT2D eigenvalue weighted by molar-refractivity contribution is 0.411. The molecule has 0 aliphatic carbocycles. The van der Waals surface area contributed by atoms with Crippen molar-refractivity contribution in [2.24, 2.45) is 0 Å². The zero-order valence-corrected chi connectivity index (χ0v) is 12.8. The summed E-state index contributed by atoms with van der Waals surface area (Å²) in [5.74, 6) is 3.25. The Balaban J connectivity index is 2.68. The van der Waals surface area contributed by atoms with E-state index >= 15 is 0 Å². The maximum Gasteiger partial charge on any atom is 0.122 e. The zero-order chi connectivity index (χ0) is 13.4. The molecule has 102 valence electrons. The summed E-state index contributed by atoms with van der Waals surface area (Å²) in [6.45, 7) is 7.48. The number of nitrogens with one attached hydrogen (secondary N) is 1. The summed E-state index contributed by atoms with van der Waals surface area (Å²) in [6, 6.07) is 7.00. The minimum atomic E-state index is 0.519. The third kappa shape index (κ3) is 5.32. The maximum absolute atomic E-state index is 5.42. The van der Waals surface area contributed by atoms with Crippen LogP contribution >= 0.6 is 11.8 Å². The SMILES string of the molecule is CCCSCc1cc(CNC(C)C)ccc1OC. The molecule has 3 heteroatoms. The zero-order valence-electron chi connectivity index (χ0n) is 12.0. The lowest BCUT2D eigenvalue weighted by Gasteiger charge is -2.12. The molecule has 0 radical (unpaired) electrons. The van der Waals surface area contributed by atoms with Gasteiger partial charge < -0.3 is 10.1 Å². The quantitative estimate of drug-likeness (QED) is 0.723. The third-order valence-electron chi connectivity index (χ3n) is 2.67. The Labute approximate surface area is 116 Å². The van der Waals surface area contributed by atoms with E-state index in [0.29, 0.717) is 6.04 Å². The van der Waals surface area contributed by atoms with Crippen LogP contribution in [-0.4, -0.2) is 18.9 Å². The van der Waals surface area contributed by atoms with Gasteiger partial charge in [0.25, 0.3) is 0 Å². The Morgan fingerprint density at radius 2 is 2.11 bits per heavy atom. The van der Waals surface area contributed by atoms with Crippen molar-refractivity contribution in [1.29, 1.82) is 0 Å². The van der Waals surface area contributed by atoms with Crippen LogP contribution < -0.4 is 10.1 Å². The number of methoxy groups -OCH3 is 1. The lowest BCUT2D eigenvalue weighted by Crippen LogP contribution is -2.21. The van der Waals surface area contributed by atoms with Crippen LogP contribution in [0, 0.1) is 0 Å². The van der Waals surface area contributed by atoms with Crippen molar-refractivity contribution in [2.45, 2.75) is 45.5 Å². The first-order valence-electron chi connectivity index (χ1n) is 6.64. The summed E-state index contributed by atoms with van der Waals surface area (Å²) in [4.78, 5) is 0. The molecule has 1 aromatic rings. The molecule has 0 aliphatic rings. The van der Waals surface area contributed by atoms with Gasteiger partial charge in [-0.1, -0.05) is 26.8 Å². The summed E-state index contributed by atoms with van der Waals surface area (Å²) in [5, 5.41) is 3.45. The number of benzene rings is 1. The molecule has 0 aliphatic heterocycles. The first-order chi connectivity index (χ1) is 8.67. The van der Waals surface area contributed by atoms with Gasteiger partial charge in [0.2, 0.25) is 0 Å². The van der Waals surface area contributed by atoms with E-state index in [0.717, 1.165) is 18.0 Å². The fourth-order valence-electron chi connectivity index (χ4n) is 1.70. The van der Waals surface area contributed by atoms with Gasteiger partial charge in [-0.3, -0.25) is 0 Å². The molecule has 18 heavy (non-hydrogen) atoms. The fourth-order valence-corrected chi connectivity index (χ4v) is 2.58. The Kier molecular flexibility index (Phi) is 7.21. The van der Waals surface area contributed by atoms with E-state index in [2.05, 4.69) is 44.3 Å². The van der Waals surface area contributed by atoms with Crippen molar-refractivity contribution in [3.05, 3.63) is 29.3 Å². The molecule has 0 saturated carbocycles. The predicted octanol–water partition coefficient (Wildman–Crippen LogP) is 3.84. The van der Waals surface area contributed by atoms with Crippen molar-refractivity contribution in [3.63, 3.8) is 0 Å². The Morgan fingerprint density at radius 1 is 1.33 bits per heavy atom. The Hall–Kier alpha value is -0.670. The molecule has 0 heterocycles. The average Bonchev–Trinajstić information content (AvgIpc) is 2.37. The van der Waals surface area contributed by atoms with Gasteiger partial charge in [-0.15, -0.1) is 0 Å². The highest BCUT2D eigenvalue weighted by molar-refractivity contribution is 7.98. The molecule has 0 amide bonds. The second kappa shape index (κ2) is 8.44. The highest BCUT2D eigenvalue weighted by atomic mass is 32.2. The van der Waals surface area contributed by atoms with Gasteiger partial charge in [-0.2, -0.15) is 11.8 Å². The normalized spacial score (nSPS) is 10.9. The highest BCUT2D eigenvalue weighted by Gasteiger charge is 2.05. The number of hydrogen-bond acceptors (Lipinski definition) is 3. The number of thioether (sulfide) groups is 1. The number of ether oxygens (including phenoxy) is 1. The van der Waals surface area contributed by atoms with Crippen molar-refractivity contribution in [1.82, 2.24) is 5.32 Å². The Bertz CT molecular complexity index is 352. The average molecular weight is 267 g/mol. The van der Waals surface area contributed by atoms with Crippen molar-refractivity contribution < 1.29 is 4.74 Å². The van der Waals surface area contributed by atoms with Gasteiger partial charge in [-0.25, -0.2) is 0 Å². The molecule has 0 unspecified atom stereocenters. The van der Waals surface area contributed by atoms with Crippen LogP contribution in [0.3, 0.4) is 0 Å². The van der Waals surface area contributed by atoms with Crippen LogP contribution in [0.1, 0.15) is 38.3 Å². The van der Waals surface area contributed by atoms with Crippen molar-refractivity contribution in [3.8, 4) is 5.75 Å². The van der Waals surface area contributed by atoms with Gasteiger partial charge >= 0.3 is 0 Å². The van der Waals surface area contributed by atoms with Gasteiger partial charge in [0, 0.05) is 23.9 Å². The topological polar surface area (TPSA) is 21.3 Å². The standard InChI is InChI=1S/C15H25NOS/c1-5-8-18-11-14-9-13(10-16-12(2)3)6-7-15(14)17-4/h6-7,9,12,16H,5,8,10-11H2,1-4H3. The van der Waals surface area contributed by atoms with Gasteiger partial charge in [0.1, 0.15) is 5.75 Å². The van der Waals surface area contributed by atoms with E-state index in [9.17, 15) is 0 Å². The van der Waals surface area contributed by atoms with Crippen LogP contribution in [0.25, 0.3) is 0 Å². The first kappa shape index (κ1) is 15.4. The van der Waals surface area contributed by atoms with Crippen LogP contribution in [0.4, 0.5) is 0 Å². The van der Waals surface area contributed by atoms with Gasteiger partial charge in [0.05, 0.1) is 7.11 Å². The Morgan fingerprint density at radius 3 is 2.72 bits per heavy atom.